The van der Waals surface area contributed by atoms with Crippen molar-refractivity contribution in [1.82, 2.24) is 14.6 Å². The second kappa shape index (κ2) is 5.28. The van der Waals surface area contributed by atoms with Crippen molar-refractivity contribution in [2.45, 2.75) is 16.4 Å². The maximum absolute atomic E-state index is 9.00. The highest BCUT2D eigenvalue weighted by Gasteiger charge is 2.18. The summed E-state index contributed by atoms with van der Waals surface area (Å²) in [4.78, 5) is 0. The third-order valence-electron chi connectivity index (χ3n) is 2.41. The predicted molar refractivity (Wildman–Crippen MR) is 72.7 cm³/mol. The Morgan fingerprint density at radius 2 is 2.30 bits per heavy atom. The summed E-state index contributed by atoms with van der Waals surface area (Å²) in [7, 11) is 0. The van der Waals surface area contributed by atoms with E-state index in [2.05, 4.69) is 14.6 Å². The summed E-state index contributed by atoms with van der Waals surface area (Å²) >= 11 is 8.08. The third-order valence-corrected chi connectivity index (χ3v) is 4.63. The fraction of sp³-hybridized carbons (Fsp3) is 0.0909. The molecule has 0 N–H and O–H groups in total. The van der Waals surface area contributed by atoms with E-state index >= 15 is 0 Å². The lowest BCUT2D eigenvalue weighted by molar-refractivity contribution is 0.463. The zero-order chi connectivity index (χ0) is 14.1. The average molecular weight is 325 g/mol. The summed E-state index contributed by atoms with van der Waals surface area (Å²) in [5.41, 5.74) is 1.06. The molecule has 0 fully saturated rings. The quantitative estimate of drug-likeness (QED) is 0.724. The number of hydrogen-bond acceptors (Lipinski definition) is 8. The lowest BCUT2D eigenvalue weighted by atomic mass is 10.3. The van der Waals surface area contributed by atoms with Gasteiger partial charge in [-0.05, 0) is 36.3 Å². The van der Waals surface area contributed by atoms with Crippen LogP contribution < -0.4 is 0 Å². The minimum absolute atomic E-state index is 0.186. The molecule has 100 valence electrons. The summed E-state index contributed by atoms with van der Waals surface area (Å²) in [6.45, 7) is 1.81. The van der Waals surface area contributed by atoms with Crippen molar-refractivity contribution in [3.05, 3.63) is 28.8 Å². The van der Waals surface area contributed by atoms with E-state index in [0.717, 1.165) is 28.9 Å². The first-order valence-electron chi connectivity index (χ1n) is 5.30. The largest absolute Gasteiger partial charge is 0.469 e. The number of aryl methyl sites for hydroxylation is 1. The van der Waals surface area contributed by atoms with Crippen molar-refractivity contribution in [3.63, 3.8) is 0 Å². The molecule has 0 radical (unpaired) electrons. The fourth-order valence-electron chi connectivity index (χ4n) is 1.46. The van der Waals surface area contributed by atoms with Crippen LogP contribution in [-0.4, -0.2) is 14.6 Å². The number of furan rings is 1. The molecule has 0 aliphatic carbocycles. The molecule has 0 atom stereocenters. The molecule has 0 unspecified atom stereocenters. The van der Waals surface area contributed by atoms with Gasteiger partial charge in [-0.15, -0.1) is 10.2 Å². The van der Waals surface area contributed by atoms with E-state index in [1.54, 1.807) is 12.3 Å². The minimum Gasteiger partial charge on any atom is -0.469 e. The molecule has 20 heavy (non-hydrogen) atoms. The number of nitrogens with zero attached hydrogens (tertiary/aromatic N) is 4. The van der Waals surface area contributed by atoms with E-state index in [1.165, 1.54) is 0 Å². The predicted octanol–water partition coefficient (Wildman–Crippen LogP) is 3.77. The van der Waals surface area contributed by atoms with Crippen LogP contribution in [0.3, 0.4) is 0 Å². The van der Waals surface area contributed by atoms with Crippen LogP contribution in [0.2, 0.25) is 5.15 Å². The van der Waals surface area contributed by atoms with Gasteiger partial charge in [0.1, 0.15) is 21.6 Å². The van der Waals surface area contributed by atoms with Crippen molar-refractivity contribution in [1.29, 1.82) is 5.26 Å². The number of halogens is 1. The van der Waals surface area contributed by atoms with Gasteiger partial charge in [0, 0.05) is 0 Å². The molecular formula is C11H5ClN4O2S2. The number of nitriles is 1. The molecule has 0 aromatic carbocycles. The van der Waals surface area contributed by atoms with E-state index in [9.17, 15) is 0 Å². The lowest BCUT2D eigenvalue weighted by Gasteiger charge is -1.91. The van der Waals surface area contributed by atoms with Crippen molar-refractivity contribution < 1.29 is 8.83 Å². The van der Waals surface area contributed by atoms with Gasteiger partial charge in [-0.25, -0.2) is 0 Å². The summed E-state index contributed by atoms with van der Waals surface area (Å²) in [6.07, 6.45) is 1.55. The molecule has 0 saturated heterocycles. The average Bonchev–Trinajstić information content (AvgIpc) is 3.11. The van der Waals surface area contributed by atoms with E-state index in [-0.39, 0.29) is 5.15 Å². The maximum Gasteiger partial charge on any atom is 0.282 e. The Hall–Kier alpha value is -1.82. The molecule has 0 saturated carbocycles. The highest BCUT2D eigenvalue weighted by Crippen LogP contribution is 2.37. The van der Waals surface area contributed by atoms with Gasteiger partial charge < -0.3 is 8.83 Å². The topological polar surface area (TPSA) is 88.7 Å². The van der Waals surface area contributed by atoms with E-state index < -0.39 is 0 Å². The van der Waals surface area contributed by atoms with Crippen molar-refractivity contribution in [2.24, 2.45) is 0 Å². The molecule has 0 spiro atoms. The Balaban J connectivity index is 1.88. The second-order valence-electron chi connectivity index (χ2n) is 3.61. The van der Waals surface area contributed by atoms with Crippen LogP contribution >= 0.6 is 34.9 Å². The molecule has 0 aliphatic heterocycles. The van der Waals surface area contributed by atoms with E-state index in [0.29, 0.717) is 26.6 Å². The molecule has 3 aromatic heterocycles. The van der Waals surface area contributed by atoms with Crippen LogP contribution in [0.1, 0.15) is 11.3 Å². The number of rotatable bonds is 3. The lowest BCUT2D eigenvalue weighted by Crippen LogP contribution is -1.76. The Morgan fingerprint density at radius 1 is 1.45 bits per heavy atom. The zero-order valence-electron chi connectivity index (χ0n) is 9.95. The molecule has 0 aliphatic rings. The SMILES string of the molecule is Cc1occc1-c1nnc(Sc2snc(Cl)c2C#N)o1. The molecule has 9 heteroatoms. The Morgan fingerprint density at radius 3 is 3.00 bits per heavy atom. The van der Waals surface area contributed by atoms with Gasteiger partial charge in [0.05, 0.1) is 11.8 Å². The Bertz CT molecular complexity index is 802. The second-order valence-corrected chi connectivity index (χ2v) is 5.96. The molecular weight excluding hydrogens is 320 g/mol. The van der Waals surface area contributed by atoms with Gasteiger partial charge in [0.15, 0.2) is 5.15 Å². The molecule has 0 amide bonds. The van der Waals surface area contributed by atoms with Crippen LogP contribution in [0.5, 0.6) is 0 Å². The van der Waals surface area contributed by atoms with Crippen LogP contribution in [0.15, 0.2) is 30.6 Å². The highest BCUT2D eigenvalue weighted by atomic mass is 35.5. The van der Waals surface area contributed by atoms with Crippen LogP contribution in [0.25, 0.3) is 11.5 Å². The standard InChI is InChI=1S/C11H5ClN4O2S2/c1-5-6(2-3-17-5)9-14-15-11(18-9)19-10-7(4-13)8(12)16-20-10/h2-3H,1H3. The third kappa shape index (κ3) is 2.31. The van der Waals surface area contributed by atoms with E-state index in [4.69, 9.17) is 25.7 Å². The first-order valence-corrected chi connectivity index (χ1v) is 7.27. The normalized spacial score (nSPS) is 10.7. The molecule has 3 rings (SSSR count). The van der Waals surface area contributed by atoms with Gasteiger partial charge >= 0.3 is 0 Å². The van der Waals surface area contributed by atoms with Gasteiger partial charge in [0.25, 0.3) is 11.1 Å². The molecule has 0 bridgehead atoms. The zero-order valence-corrected chi connectivity index (χ0v) is 12.3. The van der Waals surface area contributed by atoms with Gasteiger partial charge in [-0.3, -0.25) is 0 Å². The summed E-state index contributed by atoms with van der Waals surface area (Å²) in [5.74, 6) is 1.07. The first-order chi connectivity index (χ1) is 9.69. The maximum atomic E-state index is 9.00. The molecule has 6 nitrogen and oxygen atoms in total. The Labute approximate surface area is 126 Å². The van der Waals surface area contributed by atoms with Gasteiger partial charge in [-0.1, -0.05) is 11.6 Å². The monoisotopic (exact) mass is 324 g/mol. The molecule has 3 heterocycles. The van der Waals surface area contributed by atoms with Crippen LogP contribution in [-0.2, 0) is 0 Å². The van der Waals surface area contributed by atoms with E-state index in [1.807, 2.05) is 13.0 Å². The summed E-state index contributed by atoms with van der Waals surface area (Å²) in [5, 5.41) is 17.4. The first kappa shape index (κ1) is 13.2. The number of aromatic nitrogens is 3. The van der Waals surface area contributed by atoms with Gasteiger partial charge in [-0.2, -0.15) is 9.64 Å². The van der Waals surface area contributed by atoms with Crippen LogP contribution in [0.4, 0.5) is 0 Å². The minimum atomic E-state index is 0.186. The highest BCUT2D eigenvalue weighted by molar-refractivity contribution is 8.00. The smallest absolute Gasteiger partial charge is 0.282 e. The van der Waals surface area contributed by atoms with Crippen molar-refractivity contribution >= 4 is 34.9 Å². The number of hydrogen-bond donors (Lipinski definition) is 0. The summed E-state index contributed by atoms with van der Waals surface area (Å²) < 4.78 is 15.2. The van der Waals surface area contributed by atoms with Crippen molar-refractivity contribution in [2.75, 3.05) is 0 Å². The van der Waals surface area contributed by atoms with Crippen LogP contribution in [0, 0.1) is 18.3 Å². The van der Waals surface area contributed by atoms with Crippen molar-refractivity contribution in [3.8, 4) is 17.5 Å². The van der Waals surface area contributed by atoms with Gasteiger partial charge in [0.2, 0.25) is 0 Å². The summed E-state index contributed by atoms with van der Waals surface area (Å²) in [6, 6.07) is 3.75. The fourth-order valence-corrected chi connectivity index (χ4v) is 3.38. The Kier molecular flexibility index (Phi) is 3.48. The molecule has 3 aromatic rings.